The van der Waals surface area contributed by atoms with Gasteiger partial charge in [-0.25, -0.2) is 0 Å². The minimum absolute atomic E-state index is 0.0595. The van der Waals surface area contributed by atoms with Crippen molar-refractivity contribution in [1.29, 1.82) is 0 Å². The van der Waals surface area contributed by atoms with Crippen molar-refractivity contribution in [2.24, 2.45) is 23.7 Å². The Morgan fingerprint density at radius 2 is 1.69 bits per heavy atom. The van der Waals surface area contributed by atoms with Crippen molar-refractivity contribution in [3.63, 3.8) is 0 Å². The third-order valence-electron chi connectivity index (χ3n) is 6.50. The average molecular weight is 358 g/mol. The fourth-order valence-corrected chi connectivity index (χ4v) is 5.27. The molecule has 1 amide bonds. The standard InChI is InChI=1S/C20H26N2O4/c1-26-16-5-3-2-4-15(16)21-8-10-22(11-9-21)19(23)17-13-6-7-14(12-13)18(17)20(24)25/h2-5,13-14,17-18H,6-12H2,1H3,(H,24,25)/t13-,14-,17-,18-/m0/s1. The van der Waals surface area contributed by atoms with Crippen LogP contribution in [-0.4, -0.2) is 55.2 Å². The summed E-state index contributed by atoms with van der Waals surface area (Å²) in [6.45, 7) is 2.75. The monoisotopic (exact) mass is 358 g/mol. The van der Waals surface area contributed by atoms with Gasteiger partial charge in [-0.05, 0) is 43.2 Å². The number of para-hydroxylation sites is 2. The number of methoxy groups -OCH3 is 1. The van der Waals surface area contributed by atoms with Crippen LogP contribution >= 0.6 is 0 Å². The number of anilines is 1. The van der Waals surface area contributed by atoms with E-state index >= 15 is 0 Å². The summed E-state index contributed by atoms with van der Waals surface area (Å²) in [4.78, 5) is 28.9. The summed E-state index contributed by atoms with van der Waals surface area (Å²) >= 11 is 0. The average Bonchev–Trinajstić information content (AvgIpc) is 3.29. The topological polar surface area (TPSA) is 70.1 Å². The Labute approximate surface area is 153 Å². The third-order valence-corrected chi connectivity index (χ3v) is 6.50. The number of carbonyl (C=O) groups is 2. The molecule has 140 valence electrons. The van der Waals surface area contributed by atoms with Crippen LogP contribution < -0.4 is 9.64 Å². The molecule has 1 aromatic carbocycles. The van der Waals surface area contributed by atoms with Gasteiger partial charge in [0.2, 0.25) is 5.91 Å². The van der Waals surface area contributed by atoms with E-state index in [0.29, 0.717) is 13.1 Å². The minimum atomic E-state index is -0.789. The molecule has 4 atom stereocenters. The van der Waals surface area contributed by atoms with Gasteiger partial charge in [-0.3, -0.25) is 9.59 Å². The van der Waals surface area contributed by atoms with Crippen molar-refractivity contribution >= 4 is 17.6 Å². The van der Waals surface area contributed by atoms with E-state index in [1.165, 1.54) is 0 Å². The number of fused-ring (bicyclic) bond motifs is 2. The van der Waals surface area contributed by atoms with Gasteiger partial charge < -0.3 is 19.6 Å². The van der Waals surface area contributed by atoms with Crippen molar-refractivity contribution in [2.45, 2.75) is 19.3 Å². The lowest BCUT2D eigenvalue weighted by Gasteiger charge is -2.39. The third kappa shape index (κ3) is 2.81. The Hall–Kier alpha value is -2.24. The number of nitrogens with zero attached hydrogens (tertiary/aromatic N) is 2. The van der Waals surface area contributed by atoms with Gasteiger partial charge in [0, 0.05) is 26.2 Å². The number of aliphatic carboxylic acids is 1. The lowest BCUT2D eigenvalue weighted by molar-refractivity contribution is -0.153. The zero-order valence-corrected chi connectivity index (χ0v) is 15.1. The van der Waals surface area contributed by atoms with Gasteiger partial charge >= 0.3 is 5.97 Å². The number of rotatable bonds is 4. The largest absolute Gasteiger partial charge is 0.495 e. The first-order valence-corrected chi connectivity index (χ1v) is 9.49. The number of hydrogen-bond acceptors (Lipinski definition) is 4. The second-order valence-corrected chi connectivity index (χ2v) is 7.71. The maximum absolute atomic E-state index is 13.1. The molecule has 0 unspecified atom stereocenters. The van der Waals surface area contributed by atoms with Gasteiger partial charge in [0.05, 0.1) is 24.6 Å². The smallest absolute Gasteiger partial charge is 0.307 e. The molecule has 1 aliphatic heterocycles. The number of benzene rings is 1. The second-order valence-electron chi connectivity index (χ2n) is 7.71. The van der Waals surface area contributed by atoms with Crippen molar-refractivity contribution in [1.82, 2.24) is 4.90 Å². The van der Waals surface area contributed by atoms with Crippen molar-refractivity contribution in [3.8, 4) is 5.75 Å². The van der Waals surface area contributed by atoms with Gasteiger partial charge in [-0.2, -0.15) is 0 Å². The van der Waals surface area contributed by atoms with Crippen LogP contribution in [0.2, 0.25) is 0 Å². The zero-order valence-electron chi connectivity index (χ0n) is 15.1. The predicted molar refractivity (Wildman–Crippen MR) is 97.2 cm³/mol. The fourth-order valence-electron chi connectivity index (χ4n) is 5.27. The van der Waals surface area contributed by atoms with Crippen LogP contribution in [0.5, 0.6) is 5.75 Å². The Kier molecular flexibility index (Phi) is 4.51. The Morgan fingerprint density at radius 1 is 1.04 bits per heavy atom. The Balaban J connectivity index is 1.43. The maximum Gasteiger partial charge on any atom is 0.307 e. The van der Waals surface area contributed by atoms with Gasteiger partial charge in [0.25, 0.3) is 0 Å². The molecule has 1 aromatic rings. The number of carboxylic acids is 1. The lowest BCUT2D eigenvalue weighted by atomic mass is 9.78. The van der Waals surface area contributed by atoms with Gasteiger partial charge in [-0.1, -0.05) is 12.1 Å². The number of hydrogen-bond donors (Lipinski definition) is 1. The molecule has 3 fully saturated rings. The molecular formula is C20H26N2O4. The first kappa shape index (κ1) is 17.2. The van der Waals surface area contributed by atoms with E-state index in [1.807, 2.05) is 29.2 Å². The Bertz CT molecular complexity index is 699. The molecule has 4 rings (SSSR count). The number of ether oxygens (including phenoxy) is 1. The molecule has 0 spiro atoms. The van der Waals surface area contributed by atoms with E-state index in [9.17, 15) is 14.7 Å². The van der Waals surface area contributed by atoms with Crippen LogP contribution in [0.25, 0.3) is 0 Å². The molecule has 1 N–H and O–H groups in total. The quantitative estimate of drug-likeness (QED) is 0.892. The summed E-state index contributed by atoms with van der Waals surface area (Å²) in [7, 11) is 1.67. The molecule has 0 aromatic heterocycles. The molecule has 1 heterocycles. The molecule has 26 heavy (non-hydrogen) atoms. The normalized spacial score (nSPS) is 30.5. The highest BCUT2D eigenvalue weighted by molar-refractivity contribution is 5.86. The summed E-state index contributed by atoms with van der Waals surface area (Å²) in [6, 6.07) is 7.91. The SMILES string of the molecule is COc1ccccc1N1CCN(C(=O)[C@H]2[C@H]3CC[C@@H](C3)[C@@H]2C(=O)O)CC1. The highest BCUT2D eigenvalue weighted by atomic mass is 16.5. The molecular weight excluding hydrogens is 332 g/mol. The molecule has 3 aliphatic rings. The van der Waals surface area contributed by atoms with Gasteiger partial charge in [0.1, 0.15) is 5.75 Å². The van der Waals surface area contributed by atoms with Crippen molar-refractivity contribution in [3.05, 3.63) is 24.3 Å². The van der Waals surface area contributed by atoms with E-state index in [2.05, 4.69) is 4.90 Å². The fraction of sp³-hybridized carbons (Fsp3) is 0.600. The predicted octanol–water partition coefficient (Wildman–Crippen LogP) is 2.09. The minimum Gasteiger partial charge on any atom is -0.495 e. The molecule has 1 saturated heterocycles. The lowest BCUT2D eigenvalue weighted by Crippen LogP contribution is -2.52. The zero-order chi connectivity index (χ0) is 18.3. The highest BCUT2D eigenvalue weighted by Crippen LogP contribution is 2.53. The Morgan fingerprint density at radius 3 is 2.35 bits per heavy atom. The number of carbonyl (C=O) groups excluding carboxylic acids is 1. The molecule has 2 bridgehead atoms. The molecule has 0 radical (unpaired) electrons. The van der Waals surface area contributed by atoms with Crippen LogP contribution in [0.15, 0.2) is 24.3 Å². The second kappa shape index (κ2) is 6.82. The number of carboxylic acid groups (broad SMARTS) is 1. The van der Waals surface area contributed by atoms with E-state index in [1.54, 1.807) is 7.11 Å². The van der Waals surface area contributed by atoms with Gasteiger partial charge in [0.15, 0.2) is 0 Å². The van der Waals surface area contributed by atoms with Crippen LogP contribution in [0.1, 0.15) is 19.3 Å². The summed E-state index contributed by atoms with van der Waals surface area (Å²) in [5, 5.41) is 9.61. The summed E-state index contributed by atoms with van der Waals surface area (Å²) in [5.74, 6) is -0.224. The van der Waals surface area contributed by atoms with Crippen LogP contribution in [0, 0.1) is 23.7 Å². The van der Waals surface area contributed by atoms with E-state index in [-0.39, 0.29) is 23.7 Å². The maximum atomic E-state index is 13.1. The molecule has 6 heteroatoms. The first-order valence-electron chi connectivity index (χ1n) is 9.49. The van der Waals surface area contributed by atoms with E-state index in [0.717, 1.165) is 43.8 Å². The molecule has 2 aliphatic carbocycles. The molecule has 2 saturated carbocycles. The van der Waals surface area contributed by atoms with Crippen LogP contribution in [-0.2, 0) is 9.59 Å². The molecule has 6 nitrogen and oxygen atoms in total. The van der Waals surface area contributed by atoms with Crippen molar-refractivity contribution in [2.75, 3.05) is 38.2 Å². The van der Waals surface area contributed by atoms with Crippen LogP contribution in [0.3, 0.4) is 0 Å². The number of amides is 1. The van der Waals surface area contributed by atoms with Crippen LogP contribution in [0.4, 0.5) is 5.69 Å². The highest BCUT2D eigenvalue weighted by Gasteiger charge is 2.54. The van der Waals surface area contributed by atoms with E-state index < -0.39 is 11.9 Å². The summed E-state index contributed by atoms with van der Waals surface area (Å²) in [6.07, 6.45) is 2.88. The summed E-state index contributed by atoms with van der Waals surface area (Å²) < 4.78 is 5.44. The van der Waals surface area contributed by atoms with Gasteiger partial charge in [-0.15, -0.1) is 0 Å². The number of piperazine rings is 1. The van der Waals surface area contributed by atoms with E-state index in [4.69, 9.17) is 4.74 Å². The summed E-state index contributed by atoms with van der Waals surface area (Å²) in [5.41, 5.74) is 1.05. The van der Waals surface area contributed by atoms with Crippen molar-refractivity contribution < 1.29 is 19.4 Å². The first-order chi connectivity index (χ1) is 12.6.